The van der Waals surface area contributed by atoms with Crippen LogP contribution in [0.2, 0.25) is 0 Å². The second-order valence-corrected chi connectivity index (χ2v) is 7.48. The number of aromatic nitrogens is 1. The van der Waals surface area contributed by atoms with Gasteiger partial charge in [-0.25, -0.2) is 4.98 Å². The Morgan fingerprint density at radius 3 is 2.68 bits per heavy atom. The van der Waals surface area contributed by atoms with E-state index in [0.29, 0.717) is 0 Å². The normalized spacial score (nSPS) is 11.2. The lowest BCUT2D eigenvalue weighted by Crippen LogP contribution is -1.92. The third-order valence-corrected chi connectivity index (χ3v) is 5.57. The molecule has 0 amide bonds. The first-order valence-corrected chi connectivity index (χ1v) is 9.74. The number of fused-ring (bicyclic) bond motifs is 1. The molecular formula is C20H14IN3S. The Hall–Kier alpha value is -2.25. The van der Waals surface area contributed by atoms with Crippen molar-refractivity contribution in [1.29, 1.82) is 0 Å². The monoisotopic (exact) mass is 455 g/mol. The van der Waals surface area contributed by atoms with Crippen LogP contribution in [0.1, 0.15) is 5.56 Å². The Morgan fingerprint density at radius 1 is 0.960 bits per heavy atom. The summed E-state index contributed by atoms with van der Waals surface area (Å²) in [7, 11) is 0. The Labute approximate surface area is 163 Å². The molecule has 0 aliphatic carbocycles. The van der Waals surface area contributed by atoms with Gasteiger partial charge in [0.1, 0.15) is 0 Å². The Kier molecular flexibility index (Phi) is 4.76. The molecule has 0 fully saturated rings. The number of benzene rings is 3. The van der Waals surface area contributed by atoms with Gasteiger partial charge >= 0.3 is 0 Å². The van der Waals surface area contributed by atoms with Crippen molar-refractivity contribution in [2.75, 3.05) is 5.43 Å². The number of halogens is 1. The minimum atomic E-state index is 0.783. The SMILES string of the molecule is Ic1ccccc1C=NNc1nc(-c2cccc3ccccc23)cs1. The molecule has 0 saturated heterocycles. The fourth-order valence-corrected chi connectivity index (χ4v) is 3.82. The van der Waals surface area contributed by atoms with Crippen LogP contribution in [-0.2, 0) is 0 Å². The molecule has 3 nitrogen and oxygen atoms in total. The van der Waals surface area contributed by atoms with Gasteiger partial charge < -0.3 is 0 Å². The largest absolute Gasteiger partial charge is 0.253 e. The molecule has 4 aromatic rings. The van der Waals surface area contributed by atoms with Crippen LogP contribution in [0.15, 0.2) is 77.2 Å². The van der Waals surface area contributed by atoms with Gasteiger partial charge in [0.2, 0.25) is 5.13 Å². The fraction of sp³-hybridized carbons (Fsp3) is 0. The van der Waals surface area contributed by atoms with Crippen LogP contribution in [0.4, 0.5) is 5.13 Å². The Balaban J connectivity index is 1.57. The summed E-state index contributed by atoms with van der Waals surface area (Å²) in [5.74, 6) is 0. The molecule has 0 spiro atoms. The summed E-state index contributed by atoms with van der Waals surface area (Å²) in [6.07, 6.45) is 1.82. The van der Waals surface area contributed by atoms with E-state index in [1.807, 2.05) is 24.4 Å². The molecule has 0 radical (unpaired) electrons. The first kappa shape index (κ1) is 16.2. The first-order valence-electron chi connectivity index (χ1n) is 7.78. The van der Waals surface area contributed by atoms with Crippen LogP contribution in [0.5, 0.6) is 0 Å². The zero-order valence-electron chi connectivity index (χ0n) is 13.2. The Morgan fingerprint density at radius 2 is 1.76 bits per heavy atom. The van der Waals surface area contributed by atoms with E-state index in [-0.39, 0.29) is 0 Å². The molecule has 1 aromatic heterocycles. The van der Waals surface area contributed by atoms with Gasteiger partial charge in [0, 0.05) is 20.1 Å². The van der Waals surface area contributed by atoms with Crippen molar-refractivity contribution in [1.82, 2.24) is 4.98 Å². The summed E-state index contributed by atoms with van der Waals surface area (Å²) in [6.45, 7) is 0. The molecule has 0 bridgehead atoms. The number of hydrogen-bond acceptors (Lipinski definition) is 4. The van der Waals surface area contributed by atoms with Crippen molar-refractivity contribution in [2.24, 2.45) is 5.10 Å². The zero-order chi connectivity index (χ0) is 17.1. The van der Waals surface area contributed by atoms with Gasteiger partial charge in [-0.05, 0) is 39.4 Å². The van der Waals surface area contributed by atoms with E-state index in [4.69, 9.17) is 0 Å². The first-order chi connectivity index (χ1) is 12.3. The number of hydrazone groups is 1. The van der Waals surface area contributed by atoms with Gasteiger partial charge in [-0.1, -0.05) is 60.7 Å². The molecular weight excluding hydrogens is 441 g/mol. The topological polar surface area (TPSA) is 37.3 Å². The minimum absolute atomic E-state index is 0.783. The number of nitrogens with one attached hydrogen (secondary N) is 1. The zero-order valence-corrected chi connectivity index (χ0v) is 16.2. The molecule has 1 N–H and O–H groups in total. The van der Waals surface area contributed by atoms with Crippen LogP contribution in [0, 0.1) is 3.57 Å². The fourth-order valence-electron chi connectivity index (χ4n) is 2.63. The molecule has 1 heterocycles. The van der Waals surface area contributed by atoms with Gasteiger partial charge in [-0.15, -0.1) is 11.3 Å². The number of thiazole rings is 1. The van der Waals surface area contributed by atoms with E-state index < -0.39 is 0 Å². The molecule has 0 unspecified atom stereocenters. The molecule has 3 aromatic carbocycles. The maximum Gasteiger partial charge on any atom is 0.203 e. The third kappa shape index (κ3) is 3.57. The summed E-state index contributed by atoms with van der Waals surface area (Å²) in [4.78, 5) is 4.68. The summed E-state index contributed by atoms with van der Waals surface area (Å²) in [5.41, 5.74) is 6.23. The van der Waals surface area contributed by atoms with Crippen LogP contribution >= 0.6 is 33.9 Å². The van der Waals surface area contributed by atoms with E-state index in [2.05, 4.69) is 92.0 Å². The van der Waals surface area contributed by atoms with Crippen molar-refractivity contribution in [3.63, 3.8) is 0 Å². The smallest absolute Gasteiger partial charge is 0.203 e. The molecule has 0 atom stereocenters. The summed E-state index contributed by atoms with van der Waals surface area (Å²) >= 11 is 3.86. The van der Waals surface area contributed by atoms with E-state index >= 15 is 0 Å². The highest BCUT2D eigenvalue weighted by molar-refractivity contribution is 14.1. The average molecular weight is 455 g/mol. The molecule has 0 aliphatic rings. The molecule has 25 heavy (non-hydrogen) atoms. The van der Waals surface area contributed by atoms with E-state index in [0.717, 1.165) is 22.0 Å². The number of hydrogen-bond donors (Lipinski definition) is 1. The number of rotatable bonds is 4. The Bertz CT molecular complexity index is 1050. The van der Waals surface area contributed by atoms with Crippen LogP contribution in [0.3, 0.4) is 0 Å². The van der Waals surface area contributed by atoms with Gasteiger partial charge in [0.25, 0.3) is 0 Å². The molecule has 5 heteroatoms. The van der Waals surface area contributed by atoms with Crippen molar-refractivity contribution in [3.8, 4) is 11.3 Å². The highest BCUT2D eigenvalue weighted by Crippen LogP contribution is 2.30. The van der Waals surface area contributed by atoms with Crippen molar-refractivity contribution in [3.05, 3.63) is 81.2 Å². The lowest BCUT2D eigenvalue weighted by atomic mass is 10.0. The minimum Gasteiger partial charge on any atom is -0.253 e. The highest BCUT2D eigenvalue weighted by atomic mass is 127. The van der Waals surface area contributed by atoms with E-state index in [1.54, 1.807) is 11.3 Å². The quantitative estimate of drug-likeness (QED) is 0.232. The summed E-state index contributed by atoms with van der Waals surface area (Å²) in [5, 5.41) is 9.59. The summed E-state index contributed by atoms with van der Waals surface area (Å²) < 4.78 is 1.17. The lowest BCUT2D eigenvalue weighted by molar-refractivity contribution is 1.29. The molecule has 0 aliphatic heterocycles. The van der Waals surface area contributed by atoms with Crippen LogP contribution < -0.4 is 5.43 Å². The van der Waals surface area contributed by atoms with Crippen LogP contribution in [-0.4, -0.2) is 11.2 Å². The number of nitrogens with zero attached hydrogens (tertiary/aromatic N) is 2. The molecule has 0 saturated carbocycles. The van der Waals surface area contributed by atoms with Gasteiger partial charge in [-0.3, -0.25) is 5.43 Å². The summed E-state index contributed by atoms with van der Waals surface area (Å²) in [6, 6.07) is 22.8. The third-order valence-electron chi connectivity index (χ3n) is 3.84. The predicted molar refractivity (Wildman–Crippen MR) is 115 cm³/mol. The van der Waals surface area contributed by atoms with Crippen molar-refractivity contribution in [2.45, 2.75) is 0 Å². The van der Waals surface area contributed by atoms with Gasteiger partial charge in [-0.2, -0.15) is 5.10 Å². The second-order valence-electron chi connectivity index (χ2n) is 5.46. The predicted octanol–water partition coefficient (Wildman–Crippen LogP) is 6.01. The highest BCUT2D eigenvalue weighted by Gasteiger charge is 2.07. The van der Waals surface area contributed by atoms with Crippen molar-refractivity contribution >= 4 is 56.0 Å². The second kappa shape index (κ2) is 7.33. The van der Waals surface area contributed by atoms with Crippen molar-refractivity contribution < 1.29 is 0 Å². The molecule has 122 valence electrons. The van der Waals surface area contributed by atoms with E-state index in [9.17, 15) is 0 Å². The molecule has 4 rings (SSSR count). The van der Waals surface area contributed by atoms with Gasteiger partial charge in [0.15, 0.2) is 0 Å². The van der Waals surface area contributed by atoms with Crippen LogP contribution in [0.25, 0.3) is 22.0 Å². The number of anilines is 1. The lowest BCUT2D eigenvalue weighted by Gasteiger charge is -2.03. The maximum absolute atomic E-state index is 4.68. The van der Waals surface area contributed by atoms with E-state index in [1.165, 1.54) is 14.3 Å². The average Bonchev–Trinajstić information content (AvgIpc) is 3.11. The van der Waals surface area contributed by atoms with Gasteiger partial charge in [0.05, 0.1) is 11.9 Å². The maximum atomic E-state index is 4.68. The standard InChI is InChI=1S/C20H14IN3S/c21-18-11-4-2-7-15(18)12-22-24-20-23-19(13-25-20)17-10-5-8-14-6-1-3-9-16(14)17/h1-13H,(H,23,24).